The number of halogens is 1. The number of rotatable bonds is 6. The molecule has 0 aliphatic rings. The number of nitrogens with zero attached hydrogens (tertiary/aromatic N) is 5. The number of pyridine rings is 2. The number of ether oxygens (including phenoxy) is 1. The van der Waals surface area contributed by atoms with Crippen LogP contribution in [0.2, 0.25) is 0 Å². The van der Waals surface area contributed by atoms with Gasteiger partial charge >= 0.3 is 0 Å². The first-order valence-electron chi connectivity index (χ1n) is 11.6. The van der Waals surface area contributed by atoms with Gasteiger partial charge < -0.3 is 15.8 Å². The molecule has 1 atom stereocenters. The third-order valence-corrected chi connectivity index (χ3v) is 6.13. The summed E-state index contributed by atoms with van der Waals surface area (Å²) in [6.07, 6.45) is 4.57. The van der Waals surface area contributed by atoms with Gasteiger partial charge in [-0.15, -0.1) is 0 Å². The first-order valence-corrected chi connectivity index (χ1v) is 11.6. The molecule has 0 aliphatic heterocycles. The van der Waals surface area contributed by atoms with Gasteiger partial charge in [0.05, 0.1) is 36.6 Å². The highest BCUT2D eigenvalue weighted by Gasteiger charge is 2.20. The number of benzene rings is 2. The van der Waals surface area contributed by atoms with Crippen molar-refractivity contribution in [1.29, 1.82) is 5.26 Å². The number of hydrogen-bond donors (Lipinski definition) is 2. The summed E-state index contributed by atoms with van der Waals surface area (Å²) in [4.78, 5) is 26.5. The van der Waals surface area contributed by atoms with Gasteiger partial charge in [-0.1, -0.05) is 24.3 Å². The van der Waals surface area contributed by atoms with Crippen molar-refractivity contribution in [3.63, 3.8) is 0 Å². The number of aromatic nitrogens is 4. The molecule has 0 saturated carbocycles. The number of anilines is 2. The molecule has 1 unspecified atom stereocenters. The zero-order valence-corrected chi connectivity index (χ0v) is 20.5. The van der Waals surface area contributed by atoms with Gasteiger partial charge in [0.2, 0.25) is 5.95 Å². The Morgan fingerprint density at radius 2 is 1.95 bits per heavy atom. The lowest BCUT2D eigenvalue weighted by Gasteiger charge is -2.22. The molecular formula is C28H22FN7O2. The lowest BCUT2D eigenvalue weighted by molar-refractivity contribution is 0.413. The third kappa shape index (κ3) is 4.49. The lowest BCUT2D eigenvalue weighted by Crippen LogP contribution is -2.26. The standard InChI is InChI=1S/C28H22FN7O2/c1-16(34-26-19(12-30)14-33-28(31)35-26)24-10-17-5-3-8-23(18-9-22(38-2)15-32-13-18)25(17)27(37)36(24)21-7-4-6-20(29)11-21/h3-11,13-16H,1-2H3,(H3,31,33,34,35). The van der Waals surface area contributed by atoms with Crippen molar-refractivity contribution >= 4 is 22.5 Å². The summed E-state index contributed by atoms with van der Waals surface area (Å²) in [5, 5.41) is 13.8. The number of nitrogens with two attached hydrogens (primary N) is 1. The molecule has 188 valence electrons. The largest absolute Gasteiger partial charge is 0.495 e. The summed E-state index contributed by atoms with van der Waals surface area (Å²) < 4.78 is 21.1. The smallest absolute Gasteiger partial charge is 0.263 e. The number of nitriles is 1. The molecule has 0 radical (unpaired) electrons. The predicted octanol–water partition coefficient (Wildman–Crippen LogP) is 4.62. The number of hydrogen-bond acceptors (Lipinski definition) is 8. The van der Waals surface area contributed by atoms with E-state index >= 15 is 0 Å². The van der Waals surface area contributed by atoms with E-state index in [-0.39, 0.29) is 22.9 Å². The van der Waals surface area contributed by atoms with E-state index in [1.807, 2.05) is 37.3 Å². The van der Waals surface area contributed by atoms with E-state index < -0.39 is 11.9 Å². The Hall–Kier alpha value is -5.30. The molecule has 5 rings (SSSR count). The van der Waals surface area contributed by atoms with Crippen LogP contribution in [0.4, 0.5) is 16.2 Å². The molecular weight excluding hydrogens is 485 g/mol. The fraction of sp³-hybridized carbons (Fsp3) is 0.107. The van der Waals surface area contributed by atoms with Gasteiger partial charge in [0.1, 0.15) is 29.0 Å². The Morgan fingerprint density at radius 1 is 1.13 bits per heavy atom. The van der Waals surface area contributed by atoms with Crippen LogP contribution in [-0.2, 0) is 0 Å². The highest BCUT2D eigenvalue weighted by molar-refractivity contribution is 5.96. The van der Waals surface area contributed by atoms with Crippen molar-refractivity contribution in [2.75, 3.05) is 18.2 Å². The molecule has 3 N–H and O–H groups in total. The zero-order valence-electron chi connectivity index (χ0n) is 20.5. The molecule has 10 heteroatoms. The molecule has 0 fully saturated rings. The van der Waals surface area contributed by atoms with Crippen LogP contribution in [-0.4, -0.2) is 26.6 Å². The average Bonchev–Trinajstić information content (AvgIpc) is 2.92. The predicted molar refractivity (Wildman–Crippen MR) is 142 cm³/mol. The van der Waals surface area contributed by atoms with Gasteiger partial charge in [-0.05, 0) is 48.2 Å². The first kappa shape index (κ1) is 24.4. The number of methoxy groups -OCH3 is 1. The van der Waals surface area contributed by atoms with Gasteiger partial charge in [-0.2, -0.15) is 10.2 Å². The summed E-state index contributed by atoms with van der Waals surface area (Å²) >= 11 is 0. The quantitative estimate of drug-likeness (QED) is 0.340. The molecule has 0 amide bonds. The molecule has 5 aromatic rings. The Balaban J connectivity index is 1.76. The van der Waals surface area contributed by atoms with Crippen LogP contribution in [0.5, 0.6) is 5.75 Å². The highest BCUT2D eigenvalue weighted by atomic mass is 19.1. The summed E-state index contributed by atoms with van der Waals surface area (Å²) in [5.74, 6) is 0.289. The number of nitrogen functional groups attached to an aromatic ring is 1. The fourth-order valence-corrected chi connectivity index (χ4v) is 4.37. The highest BCUT2D eigenvalue weighted by Crippen LogP contribution is 2.31. The molecule has 3 heterocycles. The minimum atomic E-state index is -0.543. The number of nitrogens with one attached hydrogen (secondary N) is 1. The molecule has 0 aliphatic carbocycles. The topological polar surface area (TPSA) is 132 Å². The maximum Gasteiger partial charge on any atom is 0.263 e. The molecule has 9 nitrogen and oxygen atoms in total. The Bertz CT molecular complexity index is 1780. The Morgan fingerprint density at radius 3 is 2.71 bits per heavy atom. The molecule has 2 aromatic carbocycles. The van der Waals surface area contributed by atoms with Crippen LogP contribution >= 0.6 is 0 Å². The van der Waals surface area contributed by atoms with Gasteiger partial charge in [0, 0.05) is 17.5 Å². The molecule has 3 aromatic heterocycles. The summed E-state index contributed by atoms with van der Waals surface area (Å²) in [6.45, 7) is 1.81. The molecule has 0 spiro atoms. The van der Waals surface area contributed by atoms with Crippen LogP contribution < -0.4 is 21.3 Å². The van der Waals surface area contributed by atoms with E-state index in [9.17, 15) is 14.4 Å². The molecule has 38 heavy (non-hydrogen) atoms. The maximum absolute atomic E-state index is 14.3. The van der Waals surface area contributed by atoms with Crippen molar-refractivity contribution in [3.05, 3.63) is 101 Å². The Labute approximate surface area is 217 Å². The first-order chi connectivity index (χ1) is 18.4. The third-order valence-electron chi connectivity index (χ3n) is 6.13. The zero-order chi connectivity index (χ0) is 26.8. The van der Waals surface area contributed by atoms with Gasteiger partial charge in [-0.25, -0.2) is 9.37 Å². The van der Waals surface area contributed by atoms with Crippen LogP contribution in [0.25, 0.3) is 27.6 Å². The van der Waals surface area contributed by atoms with E-state index in [1.54, 1.807) is 37.7 Å². The van der Waals surface area contributed by atoms with Crippen molar-refractivity contribution in [2.24, 2.45) is 0 Å². The minimum Gasteiger partial charge on any atom is -0.495 e. The monoisotopic (exact) mass is 507 g/mol. The fourth-order valence-electron chi connectivity index (χ4n) is 4.37. The van der Waals surface area contributed by atoms with Crippen LogP contribution in [0.15, 0.2) is 78.0 Å². The van der Waals surface area contributed by atoms with Crippen LogP contribution in [0.3, 0.4) is 0 Å². The maximum atomic E-state index is 14.3. The van der Waals surface area contributed by atoms with Gasteiger partial charge in [0.25, 0.3) is 5.56 Å². The lowest BCUT2D eigenvalue weighted by atomic mass is 9.98. The minimum absolute atomic E-state index is 0.00345. The van der Waals surface area contributed by atoms with Crippen molar-refractivity contribution in [2.45, 2.75) is 13.0 Å². The SMILES string of the molecule is COc1cncc(-c2cccc3cc(C(C)Nc4nc(N)ncc4C#N)n(-c4cccc(F)c4)c(=O)c23)c1. The normalized spacial score (nSPS) is 11.6. The van der Waals surface area contributed by atoms with Crippen molar-refractivity contribution in [1.82, 2.24) is 19.5 Å². The number of fused-ring (bicyclic) bond motifs is 1. The molecule has 0 saturated heterocycles. The summed E-state index contributed by atoms with van der Waals surface area (Å²) in [7, 11) is 1.55. The van der Waals surface area contributed by atoms with E-state index in [4.69, 9.17) is 10.5 Å². The molecule has 0 bridgehead atoms. The average molecular weight is 508 g/mol. The van der Waals surface area contributed by atoms with Crippen LogP contribution in [0, 0.1) is 17.1 Å². The van der Waals surface area contributed by atoms with E-state index in [0.29, 0.717) is 39.0 Å². The van der Waals surface area contributed by atoms with Crippen molar-refractivity contribution in [3.8, 4) is 28.6 Å². The van der Waals surface area contributed by atoms with Crippen LogP contribution in [0.1, 0.15) is 24.2 Å². The Kier molecular flexibility index (Phi) is 6.41. The summed E-state index contributed by atoms with van der Waals surface area (Å²) in [6, 6.07) is 16.5. The van der Waals surface area contributed by atoms with E-state index in [0.717, 1.165) is 0 Å². The van der Waals surface area contributed by atoms with Crippen molar-refractivity contribution < 1.29 is 9.13 Å². The van der Waals surface area contributed by atoms with Gasteiger partial charge in [-0.3, -0.25) is 14.3 Å². The summed E-state index contributed by atoms with van der Waals surface area (Å²) in [5.41, 5.74) is 7.82. The second-order valence-corrected chi connectivity index (χ2v) is 8.54. The second kappa shape index (κ2) is 9.99. The second-order valence-electron chi connectivity index (χ2n) is 8.54. The van der Waals surface area contributed by atoms with E-state index in [1.165, 1.54) is 22.9 Å². The van der Waals surface area contributed by atoms with Gasteiger partial charge in [0.15, 0.2) is 0 Å². The van der Waals surface area contributed by atoms with E-state index in [2.05, 4.69) is 20.3 Å².